The van der Waals surface area contributed by atoms with Crippen molar-refractivity contribution in [2.75, 3.05) is 16.8 Å². The Kier molecular flexibility index (Phi) is 3.74. The van der Waals surface area contributed by atoms with Crippen molar-refractivity contribution in [1.29, 1.82) is 0 Å². The zero-order chi connectivity index (χ0) is 17.3. The van der Waals surface area contributed by atoms with Gasteiger partial charge < -0.3 is 16.8 Å². The standard InChI is InChI=1S/C13H11FN8O2/c14-8-2-1-6(3-9(8)22(23)24)17-4-7-5-18-12-10(19-7)11(15)20-13(16)21-12/h1-3,5,17H,4H2,(H4,15,16,18,20,21). The van der Waals surface area contributed by atoms with Gasteiger partial charge in [0.1, 0.15) is 0 Å². The van der Waals surface area contributed by atoms with Crippen LogP contribution in [0, 0.1) is 15.9 Å². The number of nitrogens with zero attached hydrogens (tertiary/aromatic N) is 5. The summed E-state index contributed by atoms with van der Waals surface area (Å²) >= 11 is 0. The van der Waals surface area contributed by atoms with Crippen LogP contribution in [0.1, 0.15) is 5.69 Å². The van der Waals surface area contributed by atoms with Crippen LogP contribution < -0.4 is 16.8 Å². The minimum absolute atomic E-state index is 0.00111. The highest BCUT2D eigenvalue weighted by Crippen LogP contribution is 2.22. The molecule has 0 unspecified atom stereocenters. The summed E-state index contributed by atoms with van der Waals surface area (Å²) in [7, 11) is 0. The Labute approximate surface area is 133 Å². The van der Waals surface area contributed by atoms with Gasteiger partial charge in [-0.25, -0.2) is 9.97 Å². The van der Waals surface area contributed by atoms with Crippen LogP contribution in [-0.2, 0) is 6.54 Å². The first kappa shape index (κ1) is 15.3. The van der Waals surface area contributed by atoms with Crippen molar-refractivity contribution in [3.8, 4) is 0 Å². The minimum Gasteiger partial charge on any atom is -0.382 e. The number of hydrogen-bond donors (Lipinski definition) is 3. The number of halogens is 1. The van der Waals surface area contributed by atoms with Gasteiger partial charge in [-0.15, -0.1) is 0 Å². The predicted octanol–water partition coefficient (Wildman–Crippen LogP) is 1.24. The second-order valence-electron chi connectivity index (χ2n) is 4.78. The van der Waals surface area contributed by atoms with E-state index < -0.39 is 16.4 Å². The molecule has 122 valence electrons. The van der Waals surface area contributed by atoms with E-state index in [9.17, 15) is 14.5 Å². The van der Waals surface area contributed by atoms with Crippen molar-refractivity contribution in [2.45, 2.75) is 6.54 Å². The Bertz CT molecular complexity index is 949. The molecule has 5 N–H and O–H groups in total. The number of nitrogens with two attached hydrogens (primary N) is 2. The molecule has 0 radical (unpaired) electrons. The van der Waals surface area contributed by atoms with Gasteiger partial charge in [0.15, 0.2) is 17.0 Å². The lowest BCUT2D eigenvalue weighted by molar-refractivity contribution is -0.387. The van der Waals surface area contributed by atoms with Gasteiger partial charge in [0.25, 0.3) is 0 Å². The summed E-state index contributed by atoms with van der Waals surface area (Å²) in [5.41, 5.74) is 12.0. The Hall–Kier alpha value is -3.63. The number of rotatable bonds is 4. The maximum atomic E-state index is 13.3. The summed E-state index contributed by atoms with van der Waals surface area (Å²) in [6.45, 7) is 0.190. The van der Waals surface area contributed by atoms with Gasteiger partial charge in [-0.1, -0.05) is 0 Å². The fraction of sp³-hybridized carbons (Fsp3) is 0.0769. The van der Waals surface area contributed by atoms with Crippen LogP contribution in [-0.4, -0.2) is 24.9 Å². The Morgan fingerprint density at radius 1 is 1.25 bits per heavy atom. The van der Waals surface area contributed by atoms with Crippen molar-refractivity contribution in [3.63, 3.8) is 0 Å². The number of fused-ring (bicyclic) bond motifs is 1. The van der Waals surface area contributed by atoms with Crippen molar-refractivity contribution < 1.29 is 9.31 Å². The molecule has 0 amide bonds. The molecule has 0 atom stereocenters. The van der Waals surface area contributed by atoms with Gasteiger partial charge in [0.05, 0.1) is 23.4 Å². The first-order chi connectivity index (χ1) is 11.4. The summed E-state index contributed by atoms with van der Waals surface area (Å²) < 4.78 is 13.3. The van der Waals surface area contributed by atoms with Crippen LogP contribution in [0.5, 0.6) is 0 Å². The van der Waals surface area contributed by atoms with E-state index >= 15 is 0 Å². The molecule has 0 aliphatic heterocycles. The van der Waals surface area contributed by atoms with Crippen LogP contribution in [0.2, 0.25) is 0 Å². The lowest BCUT2D eigenvalue weighted by atomic mass is 10.2. The number of benzene rings is 1. The Balaban J connectivity index is 1.83. The molecule has 10 nitrogen and oxygen atoms in total. The molecule has 3 rings (SSSR count). The SMILES string of the molecule is Nc1nc(N)c2nc(CNc3ccc(F)c([N+](=O)[O-])c3)cnc2n1. The molecule has 2 aromatic heterocycles. The van der Waals surface area contributed by atoms with E-state index in [-0.39, 0.29) is 24.0 Å². The lowest BCUT2D eigenvalue weighted by Gasteiger charge is -2.07. The topological polar surface area (TPSA) is 159 Å². The molecule has 0 aliphatic carbocycles. The first-order valence-electron chi connectivity index (χ1n) is 6.66. The predicted molar refractivity (Wildman–Crippen MR) is 84.3 cm³/mol. The number of anilines is 3. The third-order valence-corrected chi connectivity index (χ3v) is 3.12. The van der Waals surface area contributed by atoms with Crippen LogP contribution in [0.3, 0.4) is 0 Å². The molecule has 24 heavy (non-hydrogen) atoms. The smallest absolute Gasteiger partial charge is 0.306 e. The van der Waals surface area contributed by atoms with Crippen LogP contribution in [0.4, 0.5) is 27.5 Å². The van der Waals surface area contributed by atoms with E-state index in [0.717, 1.165) is 12.1 Å². The summed E-state index contributed by atoms with van der Waals surface area (Å²) in [4.78, 5) is 26.0. The van der Waals surface area contributed by atoms with Gasteiger partial charge in [0.2, 0.25) is 11.8 Å². The maximum Gasteiger partial charge on any atom is 0.306 e. The molecular formula is C13H11FN8O2. The van der Waals surface area contributed by atoms with Crippen molar-refractivity contribution in [3.05, 3.63) is 46.0 Å². The van der Waals surface area contributed by atoms with Crippen molar-refractivity contribution in [2.24, 2.45) is 0 Å². The number of nitro groups is 1. The Morgan fingerprint density at radius 2 is 2.04 bits per heavy atom. The van der Waals surface area contributed by atoms with E-state index in [1.807, 2.05) is 0 Å². The average Bonchev–Trinajstić information content (AvgIpc) is 2.54. The zero-order valence-electron chi connectivity index (χ0n) is 12.1. The van der Waals surface area contributed by atoms with Crippen LogP contribution >= 0.6 is 0 Å². The van der Waals surface area contributed by atoms with Gasteiger partial charge in [0, 0.05) is 11.8 Å². The molecule has 2 heterocycles. The molecule has 0 fully saturated rings. The van der Waals surface area contributed by atoms with E-state index in [1.165, 1.54) is 12.3 Å². The number of aromatic nitrogens is 4. The summed E-state index contributed by atoms with van der Waals surface area (Å²) in [6, 6.07) is 3.50. The van der Waals surface area contributed by atoms with E-state index in [4.69, 9.17) is 11.5 Å². The Morgan fingerprint density at radius 3 is 2.79 bits per heavy atom. The van der Waals surface area contributed by atoms with Crippen LogP contribution in [0.15, 0.2) is 24.4 Å². The quantitative estimate of drug-likeness (QED) is 0.472. The van der Waals surface area contributed by atoms with E-state index in [1.54, 1.807) is 0 Å². The third kappa shape index (κ3) is 2.95. The van der Waals surface area contributed by atoms with Crippen molar-refractivity contribution >= 4 is 34.3 Å². The van der Waals surface area contributed by atoms with E-state index in [2.05, 4.69) is 25.3 Å². The van der Waals surface area contributed by atoms with Gasteiger partial charge >= 0.3 is 5.69 Å². The number of hydrogen-bond acceptors (Lipinski definition) is 9. The molecule has 0 saturated carbocycles. The van der Waals surface area contributed by atoms with Gasteiger partial charge in [-0.2, -0.15) is 14.4 Å². The lowest BCUT2D eigenvalue weighted by Crippen LogP contribution is -2.07. The number of nitrogen functional groups attached to an aromatic ring is 2. The monoisotopic (exact) mass is 330 g/mol. The fourth-order valence-electron chi connectivity index (χ4n) is 2.02. The summed E-state index contributed by atoms with van der Waals surface area (Å²) in [6.07, 6.45) is 1.46. The molecular weight excluding hydrogens is 319 g/mol. The van der Waals surface area contributed by atoms with Gasteiger partial charge in [-0.3, -0.25) is 10.1 Å². The van der Waals surface area contributed by atoms with E-state index in [0.29, 0.717) is 16.9 Å². The third-order valence-electron chi connectivity index (χ3n) is 3.12. The maximum absolute atomic E-state index is 13.3. The zero-order valence-corrected chi connectivity index (χ0v) is 12.1. The largest absolute Gasteiger partial charge is 0.382 e. The van der Waals surface area contributed by atoms with Crippen molar-refractivity contribution in [1.82, 2.24) is 19.9 Å². The highest BCUT2D eigenvalue weighted by Gasteiger charge is 2.14. The second-order valence-corrected chi connectivity index (χ2v) is 4.78. The summed E-state index contributed by atoms with van der Waals surface area (Å²) in [5.74, 6) is -0.804. The highest BCUT2D eigenvalue weighted by atomic mass is 19.1. The molecule has 0 spiro atoms. The number of nitro benzene ring substituents is 1. The summed E-state index contributed by atoms with van der Waals surface area (Å²) in [5, 5.41) is 13.6. The molecule has 11 heteroatoms. The van der Waals surface area contributed by atoms with Gasteiger partial charge in [-0.05, 0) is 12.1 Å². The normalized spacial score (nSPS) is 10.7. The molecule has 1 aromatic carbocycles. The highest BCUT2D eigenvalue weighted by molar-refractivity contribution is 5.81. The molecule has 0 saturated heterocycles. The molecule has 3 aromatic rings. The first-order valence-corrected chi connectivity index (χ1v) is 6.66. The van der Waals surface area contributed by atoms with Crippen LogP contribution in [0.25, 0.3) is 11.2 Å². The second kappa shape index (κ2) is 5.87. The number of nitrogens with one attached hydrogen (secondary N) is 1. The minimum atomic E-state index is -0.904. The fourth-order valence-corrected chi connectivity index (χ4v) is 2.02. The average molecular weight is 330 g/mol. The molecule has 0 aliphatic rings. The molecule has 0 bridgehead atoms.